The van der Waals surface area contributed by atoms with Gasteiger partial charge >= 0.3 is 6.03 Å². The van der Waals surface area contributed by atoms with Gasteiger partial charge in [-0.2, -0.15) is 0 Å². The van der Waals surface area contributed by atoms with Crippen LogP contribution in [-0.2, 0) is 9.53 Å². The van der Waals surface area contributed by atoms with E-state index in [1.807, 2.05) is 0 Å². The van der Waals surface area contributed by atoms with Gasteiger partial charge in [-0.15, -0.1) is 0 Å². The fourth-order valence-electron chi connectivity index (χ4n) is 3.57. The third-order valence-corrected chi connectivity index (χ3v) is 4.95. The summed E-state index contributed by atoms with van der Waals surface area (Å²) in [5, 5.41) is 2.99. The van der Waals surface area contributed by atoms with Gasteiger partial charge in [0.15, 0.2) is 0 Å². The molecule has 0 radical (unpaired) electrons. The number of carbonyl (C=O) groups is 2. The molecule has 3 fully saturated rings. The number of hydrogen-bond acceptors (Lipinski definition) is 4. The van der Waals surface area contributed by atoms with Gasteiger partial charge in [-0.25, -0.2) is 9.69 Å². The highest BCUT2D eigenvalue weighted by molar-refractivity contribution is 6.07. The van der Waals surface area contributed by atoms with E-state index < -0.39 is 5.54 Å². The number of rotatable bonds is 2. The van der Waals surface area contributed by atoms with Crippen molar-refractivity contribution in [3.8, 4) is 0 Å². The van der Waals surface area contributed by atoms with Crippen LogP contribution in [0.2, 0.25) is 0 Å². The van der Waals surface area contributed by atoms with E-state index in [1.165, 1.54) is 4.90 Å². The van der Waals surface area contributed by atoms with Crippen LogP contribution in [0.1, 0.15) is 32.6 Å². The topological polar surface area (TPSA) is 61.9 Å². The lowest BCUT2D eigenvalue weighted by molar-refractivity contribution is -0.136. The van der Waals surface area contributed by atoms with Crippen LogP contribution in [0.3, 0.4) is 0 Å². The predicted molar refractivity (Wildman–Crippen MR) is 73.0 cm³/mol. The van der Waals surface area contributed by atoms with Gasteiger partial charge in [0.1, 0.15) is 5.54 Å². The first-order valence-corrected chi connectivity index (χ1v) is 7.58. The van der Waals surface area contributed by atoms with Crippen molar-refractivity contribution >= 4 is 11.9 Å². The molecule has 1 N–H and O–H groups in total. The molecule has 0 aromatic heterocycles. The number of nitrogens with zero attached hydrogens (tertiary/aromatic N) is 2. The predicted octanol–water partition coefficient (Wildman–Crippen LogP) is 0.777. The highest BCUT2D eigenvalue weighted by Gasteiger charge is 2.54. The molecule has 1 saturated carbocycles. The lowest BCUT2D eigenvalue weighted by Crippen LogP contribution is -2.54. The van der Waals surface area contributed by atoms with E-state index in [4.69, 9.17) is 4.74 Å². The van der Waals surface area contributed by atoms with E-state index in [0.29, 0.717) is 19.9 Å². The van der Waals surface area contributed by atoms with Crippen molar-refractivity contribution in [1.29, 1.82) is 0 Å². The zero-order valence-corrected chi connectivity index (χ0v) is 12.1. The average Bonchev–Trinajstić information content (AvgIpc) is 2.69. The second-order valence-electron chi connectivity index (χ2n) is 6.15. The van der Waals surface area contributed by atoms with E-state index >= 15 is 0 Å². The highest BCUT2D eigenvalue weighted by atomic mass is 16.5. The molecule has 2 heterocycles. The van der Waals surface area contributed by atoms with E-state index in [0.717, 1.165) is 38.8 Å². The summed E-state index contributed by atoms with van der Waals surface area (Å²) in [4.78, 5) is 28.5. The van der Waals surface area contributed by atoms with E-state index in [9.17, 15) is 9.59 Å². The van der Waals surface area contributed by atoms with Gasteiger partial charge in [-0.3, -0.25) is 9.69 Å². The minimum absolute atomic E-state index is 0.0267. The molecule has 3 aliphatic rings. The lowest BCUT2D eigenvalue weighted by atomic mass is 9.73. The minimum Gasteiger partial charge on any atom is -0.379 e. The van der Waals surface area contributed by atoms with Crippen LogP contribution >= 0.6 is 0 Å². The number of ether oxygens (including phenoxy) is 1. The quantitative estimate of drug-likeness (QED) is 0.760. The molecule has 3 rings (SSSR count). The van der Waals surface area contributed by atoms with Crippen molar-refractivity contribution in [2.75, 3.05) is 33.0 Å². The van der Waals surface area contributed by atoms with Gasteiger partial charge in [0.2, 0.25) is 0 Å². The molecule has 0 aromatic rings. The number of morpholine rings is 1. The molecule has 1 aliphatic carbocycles. The van der Waals surface area contributed by atoms with Crippen molar-refractivity contribution in [3.63, 3.8) is 0 Å². The molecule has 2 atom stereocenters. The van der Waals surface area contributed by atoms with Gasteiger partial charge in [0, 0.05) is 13.1 Å². The van der Waals surface area contributed by atoms with Gasteiger partial charge in [-0.05, 0) is 18.8 Å². The molecule has 2 aliphatic heterocycles. The van der Waals surface area contributed by atoms with Crippen LogP contribution < -0.4 is 5.32 Å². The molecule has 2 saturated heterocycles. The molecule has 6 heteroatoms. The first-order valence-electron chi connectivity index (χ1n) is 7.58. The molecule has 6 nitrogen and oxygen atoms in total. The van der Waals surface area contributed by atoms with Crippen LogP contribution in [0, 0.1) is 5.92 Å². The van der Waals surface area contributed by atoms with Gasteiger partial charge < -0.3 is 10.1 Å². The molecule has 112 valence electrons. The van der Waals surface area contributed by atoms with Crippen LogP contribution in [-0.4, -0.2) is 60.2 Å². The maximum absolute atomic E-state index is 12.8. The summed E-state index contributed by atoms with van der Waals surface area (Å²) in [6.07, 6.45) is 3.95. The van der Waals surface area contributed by atoms with Gasteiger partial charge in [0.25, 0.3) is 5.91 Å². The number of imide groups is 1. The number of urea groups is 1. The van der Waals surface area contributed by atoms with E-state index in [1.54, 1.807) is 0 Å². The van der Waals surface area contributed by atoms with Crippen molar-refractivity contribution in [1.82, 2.24) is 15.1 Å². The number of carbonyl (C=O) groups excluding carboxylic acids is 2. The van der Waals surface area contributed by atoms with Crippen molar-refractivity contribution in [3.05, 3.63) is 0 Å². The Morgan fingerprint density at radius 1 is 1.30 bits per heavy atom. The minimum atomic E-state index is -0.637. The molecular formula is C14H23N3O3. The second kappa shape index (κ2) is 5.33. The smallest absolute Gasteiger partial charge is 0.326 e. The summed E-state index contributed by atoms with van der Waals surface area (Å²) in [6, 6.07) is -0.227. The first-order chi connectivity index (χ1) is 9.63. The third kappa shape index (κ3) is 2.20. The summed E-state index contributed by atoms with van der Waals surface area (Å²) < 4.78 is 5.30. The number of nitrogens with one attached hydrogen (secondary N) is 1. The SMILES string of the molecule is C[C@H]1CCCC[C@]12NC(=O)N(CN1CCOCC1)C2=O. The third-order valence-electron chi connectivity index (χ3n) is 4.95. The summed E-state index contributed by atoms with van der Waals surface area (Å²) in [5.41, 5.74) is -0.637. The van der Waals surface area contributed by atoms with Crippen molar-refractivity contribution < 1.29 is 14.3 Å². The zero-order chi connectivity index (χ0) is 14.2. The summed E-state index contributed by atoms with van der Waals surface area (Å²) >= 11 is 0. The Hall–Kier alpha value is -1.14. The van der Waals surface area contributed by atoms with Crippen molar-refractivity contribution in [2.24, 2.45) is 5.92 Å². The zero-order valence-electron chi connectivity index (χ0n) is 12.1. The molecule has 20 heavy (non-hydrogen) atoms. The van der Waals surface area contributed by atoms with Gasteiger partial charge in [0.05, 0.1) is 19.9 Å². The van der Waals surface area contributed by atoms with E-state index in [2.05, 4.69) is 17.1 Å². The van der Waals surface area contributed by atoms with Gasteiger partial charge in [-0.1, -0.05) is 19.8 Å². The Bertz CT molecular complexity index is 408. The molecular weight excluding hydrogens is 258 g/mol. The van der Waals surface area contributed by atoms with Crippen molar-refractivity contribution in [2.45, 2.75) is 38.1 Å². The Morgan fingerprint density at radius 3 is 2.75 bits per heavy atom. The standard InChI is InChI=1S/C14H23N3O3/c1-11-4-2-3-5-14(11)12(18)17(13(19)15-14)10-16-6-8-20-9-7-16/h11H,2-10H2,1H3,(H,15,19)/t11-,14-/m0/s1. The summed E-state index contributed by atoms with van der Waals surface area (Å²) in [7, 11) is 0. The lowest BCUT2D eigenvalue weighted by Gasteiger charge is -2.37. The maximum atomic E-state index is 12.8. The summed E-state index contributed by atoms with van der Waals surface area (Å²) in [5.74, 6) is 0.198. The Labute approximate surface area is 119 Å². The summed E-state index contributed by atoms with van der Waals surface area (Å²) in [6.45, 7) is 5.37. The van der Waals surface area contributed by atoms with Crippen LogP contribution in [0.5, 0.6) is 0 Å². The van der Waals surface area contributed by atoms with Crippen LogP contribution in [0.15, 0.2) is 0 Å². The monoisotopic (exact) mass is 281 g/mol. The average molecular weight is 281 g/mol. The fraction of sp³-hybridized carbons (Fsp3) is 0.857. The second-order valence-corrected chi connectivity index (χ2v) is 6.15. The molecule has 3 amide bonds. The van der Waals surface area contributed by atoms with Crippen LogP contribution in [0.4, 0.5) is 4.79 Å². The molecule has 0 unspecified atom stereocenters. The highest BCUT2D eigenvalue weighted by Crippen LogP contribution is 2.38. The molecule has 0 aromatic carbocycles. The fourth-order valence-corrected chi connectivity index (χ4v) is 3.57. The Balaban J connectivity index is 1.72. The molecule has 0 bridgehead atoms. The number of hydrogen-bond donors (Lipinski definition) is 1. The van der Waals surface area contributed by atoms with Crippen LogP contribution in [0.25, 0.3) is 0 Å². The maximum Gasteiger partial charge on any atom is 0.326 e. The number of amides is 3. The Morgan fingerprint density at radius 2 is 2.05 bits per heavy atom. The van der Waals surface area contributed by atoms with E-state index in [-0.39, 0.29) is 17.9 Å². The first kappa shape index (κ1) is 13.8. The molecule has 1 spiro atoms. The normalized spacial score (nSPS) is 35.6. The largest absolute Gasteiger partial charge is 0.379 e. The Kier molecular flexibility index (Phi) is 3.69.